The van der Waals surface area contributed by atoms with Crippen LogP contribution in [0, 0.1) is 5.92 Å². The van der Waals surface area contributed by atoms with E-state index in [9.17, 15) is 0 Å². The second-order valence-electron chi connectivity index (χ2n) is 5.96. The first-order valence-corrected chi connectivity index (χ1v) is 7.01. The molecule has 4 unspecified atom stereocenters. The predicted molar refractivity (Wildman–Crippen MR) is 71.3 cm³/mol. The van der Waals surface area contributed by atoms with Crippen molar-refractivity contribution >= 4 is 0 Å². The molecule has 2 heterocycles. The first kappa shape index (κ1) is 12.2. The minimum atomic E-state index is -0.0665. The lowest BCUT2D eigenvalue weighted by atomic mass is 9.72. The molecule has 2 saturated heterocycles. The van der Waals surface area contributed by atoms with Crippen molar-refractivity contribution in [1.82, 2.24) is 0 Å². The Hall–Kier alpha value is -0.860. The number of rotatable bonds is 3. The van der Waals surface area contributed by atoms with Gasteiger partial charge in [-0.3, -0.25) is 0 Å². The van der Waals surface area contributed by atoms with Crippen molar-refractivity contribution in [3.8, 4) is 0 Å². The SMILES string of the molecule is CC1OC2(C)CCC1CC2OCc1ccccc1. The summed E-state index contributed by atoms with van der Waals surface area (Å²) in [6, 6.07) is 10.4. The highest BCUT2D eigenvalue weighted by molar-refractivity contribution is 5.13. The summed E-state index contributed by atoms with van der Waals surface area (Å²) < 4.78 is 12.3. The van der Waals surface area contributed by atoms with E-state index in [4.69, 9.17) is 9.47 Å². The normalized spacial score (nSPS) is 38.9. The Bertz CT molecular complexity index is 403. The molecule has 0 N–H and O–H groups in total. The Morgan fingerprint density at radius 2 is 2.11 bits per heavy atom. The van der Waals surface area contributed by atoms with Gasteiger partial charge in [0, 0.05) is 0 Å². The Morgan fingerprint density at radius 3 is 2.78 bits per heavy atom. The molecule has 1 aromatic rings. The second kappa shape index (κ2) is 4.67. The molecule has 2 aliphatic heterocycles. The van der Waals surface area contributed by atoms with Gasteiger partial charge in [-0.2, -0.15) is 0 Å². The largest absolute Gasteiger partial charge is 0.371 e. The molecular formula is C16H22O2. The molecule has 0 amide bonds. The van der Waals surface area contributed by atoms with Gasteiger partial charge in [-0.1, -0.05) is 30.3 Å². The molecular weight excluding hydrogens is 224 g/mol. The van der Waals surface area contributed by atoms with Gasteiger partial charge in [0.25, 0.3) is 0 Å². The molecule has 4 rings (SSSR count). The zero-order chi connectivity index (χ0) is 12.6. The average Bonchev–Trinajstić information content (AvgIpc) is 2.38. The van der Waals surface area contributed by atoms with Crippen molar-refractivity contribution < 1.29 is 9.47 Å². The van der Waals surface area contributed by atoms with E-state index in [-0.39, 0.29) is 11.7 Å². The van der Waals surface area contributed by atoms with Crippen LogP contribution >= 0.6 is 0 Å². The predicted octanol–water partition coefficient (Wildman–Crippen LogP) is 3.55. The maximum absolute atomic E-state index is 6.15. The van der Waals surface area contributed by atoms with Crippen molar-refractivity contribution in [2.24, 2.45) is 5.92 Å². The summed E-state index contributed by atoms with van der Waals surface area (Å²) in [5.41, 5.74) is 1.18. The number of fused-ring (bicyclic) bond motifs is 3. The van der Waals surface area contributed by atoms with Crippen LogP contribution in [0.5, 0.6) is 0 Å². The minimum absolute atomic E-state index is 0.0665. The van der Waals surface area contributed by atoms with E-state index in [0.29, 0.717) is 18.6 Å². The van der Waals surface area contributed by atoms with E-state index in [1.807, 2.05) is 6.07 Å². The van der Waals surface area contributed by atoms with Crippen LogP contribution < -0.4 is 0 Å². The summed E-state index contributed by atoms with van der Waals surface area (Å²) in [7, 11) is 0. The molecule has 0 radical (unpaired) electrons. The van der Waals surface area contributed by atoms with Crippen LogP contribution in [0.1, 0.15) is 38.7 Å². The average molecular weight is 246 g/mol. The number of ether oxygens (including phenoxy) is 2. The molecule has 0 spiro atoms. The van der Waals surface area contributed by atoms with Gasteiger partial charge in [-0.25, -0.2) is 0 Å². The maximum Gasteiger partial charge on any atom is 0.0919 e. The molecule has 0 aromatic heterocycles. The van der Waals surface area contributed by atoms with Crippen molar-refractivity contribution in [2.75, 3.05) is 0 Å². The van der Waals surface area contributed by atoms with E-state index in [1.54, 1.807) is 0 Å². The second-order valence-corrected chi connectivity index (χ2v) is 5.96. The summed E-state index contributed by atoms with van der Waals surface area (Å²) >= 11 is 0. The van der Waals surface area contributed by atoms with E-state index in [2.05, 4.69) is 38.1 Å². The molecule has 18 heavy (non-hydrogen) atoms. The van der Waals surface area contributed by atoms with E-state index >= 15 is 0 Å². The third-order valence-electron chi connectivity index (χ3n) is 4.62. The maximum atomic E-state index is 6.15. The summed E-state index contributed by atoms with van der Waals surface area (Å²) in [5, 5.41) is 0. The van der Waals surface area contributed by atoms with Crippen LogP contribution in [0.3, 0.4) is 0 Å². The molecule has 4 atom stereocenters. The summed E-state index contributed by atoms with van der Waals surface area (Å²) in [4.78, 5) is 0. The van der Waals surface area contributed by atoms with E-state index < -0.39 is 0 Å². The van der Waals surface area contributed by atoms with Crippen LogP contribution in [-0.4, -0.2) is 17.8 Å². The summed E-state index contributed by atoms with van der Waals surface area (Å²) in [6.45, 7) is 5.12. The van der Waals surface area contributed by atoms with Crippen molar-refractivity contribution in [2.45, 2.75) is 57.5 Å². The Kier molecular flexibility index (Phi) is 3.16. The molecule has 2 heteroatoms. The molecule has 98 valence electrons. The highest BCUT2D eigenvalue weighted by Crippen LogP contribution is 2.45. The van der Waals surface area contributed by atoms with Gasteiger partial charge < -0.3 is 9.47 Å². The van der Waals surface area contributed by atoms with Crippen molar-refractivity contribution in [1.29, 1.82) is 0 Å². The fourth-order valence-corrected chi connectivity index (χ4v) is 3.37. The summed E-state index contributed by atoms with van der Waals surface area (Å²) in [5.74, 6) is 0.688. The van der Waals surface area contributed by atoms with Gasteiger partial charge in [-0.15, -0.1) is 0 Å². The van der Waals surface area contributed by atoms with Crippen molar-refractivity contribution in [3.05, 3.63) is 35.9 Å². The Morgan fingerprint density at radius 1 is 1.33 bits per heavy atom. The lowest BCUT2D eigenvalue weighted by Crippen LogP contribution is -2.57. The Labute approximate surface area is 109 Å². The molecule has 1 saturated carbocycles. The third kappa shape index (κ3) is 2.19. The van der Waals surface area contributed by atoms with Gasteiger partial charge in [0.15, 0.2) is 0 Å². The molecule has 2 bridgehead atoms. The van der Waals surface area contributed by atoms with Crippen LogP contribution in [0.4, 0.5) is 0 Å². The minimum Gasteiger partial charge on any atom is -0.371 e. The van der Waals surface area contributed by atoms with Gasteiger partial charge in [0.05, 0.1) is 24.4 Å². The number of hydrogen-bond donors (Lipinski definition) is 0. The summed E-state index contributed by atoms with van der Waals surface area (Å²) in [6.07, 6.45) is 4.25. The molecule has 3 fully saturated rings. The van der Waals surface area contributed by atoms with Gasteiger partial charge >= 0.3 is 0 Å². The first-order chi connectivity index (χ1) is 8.67. The van der Waals surface area contributed by atoms with Crippen LogP contribution in [0.15, 0.2) is 30.3 Å². The van der Waals surface area contributed by atoms with Crippen molar-refractivity contribution in [3.63, 3.8) is 0 Å². The highest BCUT2D eigenvalue weighted by atomic mass is 16.6. The van der Waals surface area contributed by atoms with E-state index in [0.717, 1.165) is 12.8 Å². The first-order valence-electron chi connectivity index (χ1n) is 7.01. The smallest absolute Gasteiger partial charge is 0.0919 e. The standard InChI is InChI=1S/C16H22O2/c1-12-14-8-9-16(2,18-12)15(10-14)17-11-13-6-4-3-5-7-13/h3-7,12,14-15H,8-11H2,1-2H3. The van der Waals surface area contributed by atoms with Gasteiger partial charge in [-0.05, 0) is 44.6 Å². The van der Waals surface area contributed by atoms with E-state index in [1.165, 1.54) is 12.0 Å². The van der Waals surface area contributed by atoms with Gasteiger partial charge in [0.1, 0.15) is 0 Å². The zero-order valence-corrected chi connectivity index (χ0v) is 11.3. The van der Waals surface area contributed by atoms with Crippen LogP contribution in [0.2, 0.25) is 0 Å². The fourth-order valence-electron chi connectivity index (χ4n) is 3.37. The zero-order valence-electron chi connectivity index (χ0n) is 11.3. The monoisotopic (exact) mass is 246 g/mol. The molecule has 3 aliphatic rings. The quantitative estimate of drug-likeness (QED) is 0.812. The molecule has 1 aliphatic carbocycles. The molecule has 2 nitrogen and oxygen atoms in total. The third-order valence-corrected chi connectivity index (χ3v) is 4.62. The van der Waals surface area contributed by atoms with Gasteiger partial charge in [0.2, 0.25) is 0 Å². The van der Waals surface area contributed by atoms with Crippen LogP contribution in [-0.2, 0) is 16.1 Å². The fraction of sp³-hybridized carbons (Fsp3) is 0.625. The number of benzene rings is 1. The lowest BCUT2D eigenvalue weighted by Gasteiger charge is -2.52. The topological polar surface area (TPSA) is 18.5 Å². The van der Waals surface area contributed by atoms with Crippen LogP contribution in [0.25, 0.3) is 0 Å². The highest BCUT2D eigenvalue weighted by Gasteiger charge is 2.49. The number of hydrogen-bond acceptors (Lipinski definition) is 2. The Balaban J connectivity index is 1.64. The lowest BCUT2D eigenvalue weighted by molar-refractivity contribution is -0.247. The molecule has 1 aromatic carbocycles.